The van der Waals surface area contributed by atoms with Gasteiger partial charge in [-0.25, -0.2) is 0 Å². The molecule has 0 aliphatic rings. The molecular formula is C19H15BrN4O. The first-order valence-electron chi connectivity index (χ1n) is 7.76. The number of rotatable bonds is 4. The van der Waals surface area contributed by atoms with Crippen molar-refractivity contribution in [1.29, 1.82) is 5.26 Å². The van der Waals surface area contributed by atoms with Gasteiger partial charge in [0.25, 0.3) is 0 Å². The number of carbonyl (C=O) groups excluding carboxylic acids is 1. The Morgan fingerprint density at radius 2 is 2.08 bits per heavy atom. The van der Waals surface area contributed by atoms with E-state index in [0.29, 0.717) is 23.4 Å². The molecule has 1 aromatic heterocycles. The summed E-state index contributed by atoms with van der Waals surface area (Å²) in [6.07, 6.45) is 1.95. The number of hydrogen-bond donors (Lipinski definition) is 2. The summed E-state index contributed by atoms with van der Waals surface area (Å²) in [5.41, 5.74) is 3.37. The summed E-state index contributed by atoms with van der Waals surface area (Å²) in [5.74, 6) is -0.0646. The van der Waals surface area contributed by atoms with Crippen molar-refractivity contribution in [2.24, 2.45) is 0 Å². The smallest absolute Gasteiger partial charge is 0.224 e. The van der Waals surface area contributed by atoms with Crippen molar-refractivity contribution in [3.05, 3.63) is 58.7 Å². The molecule has 0 atom stereocenters. The second kappa shape index (κ2) is 7.32. The topological polar surface area (TPSA) is 77.8 Å². The third kappa shape index (κ3) is 3.78. The van der Waals surface area contributed by atoms with E-state index < -0.39 is 0 Å². The minimum Gasteiger partial charge on any atom is -0.354 e. The Bertz CT molecular complexity index is 994. The van der Waals surface area contributed by atoms with Crippen LogP contribution in [0.2, 0.25) is 0 Å². The summed E-state index contributed by atoms with van der Waals surface area (Å²) in [6.45, 7) is 1.80. The highest BCUT2D eigenvalue weighted by Crippen LogP contribution is 2.31. The number of halogens is 1. The molecule has 0 unspecified atom stereocenters. The van der Waals surface area contributed by atoms with Crippen LogP contribution in [0.3, 0.4) is 0 Å². The number of fused-ring (bicyclic) bond motifs is 1. The van der Waals surface area contributed by atoms with Gasteiger partial charge in [0, 0.05) is 33.9 Å². The summed E-state index contributed by atoms with van der Waals surface area (Å²) < 4.78 is 0.935. The maximum Gasteiger partial charge on any atom is 0.224 e. The molecule has 1 heterocycles. The van der Waals surface area contributed by atoms with Crippen LogP contribution in [0, 0.1) is 11.3 Å². The Labute approximate surface area is 153 Å². The second-order valence-electron chi connectivity index (χ2n) is 5.43. The number of nitriles is 1. The van der Waals surface area contributed by atoms with Gasteiger partial charge < -0.3 is 10.6 Å². The molecule has 0 aliphatic heterocycles. The van der Waals surface area contributed by atoms with Crippen LogP contribution >= 0.6 is 15.9 Å². The number of amides is 1. The highest BCUT2D eigenvalue weighted by molar-refractivity contribution is 9.10. The van der Waals surface area contributed by atoms with Crippen LogP contribution in [0.4, 0.5) is 17.1 Å². The average molecular weight is 395 g/mol. The van der Waals surface area contributed by atoms with Crippen molar-refractivity contribution in [2.75, 3.05) is 10.6 Å². The van der Waals surface area contributed by atoms with Crippen LogP contribution in [0.1, 0.15) is 18.9 Å². The predicted octanol–water partition coefficient (Wildman–Crippen LogP) is 4.96. The molecule has 3 rings (SSSR count). The number of nitrogens with zero attached hydrogens (tertiary/aromatic N) is 2. The molecule has 124 valence electrons. The Balaban J connectivity index is 2.11. The minimum atomic E-state index is -0.0646. The number of anilines is 3. The lowest BCUT2D eigenvalue weighted by Gasteiger charge is -2.13. The van der Waals surface area contributed by atoms with E-state index in [9.17, 15) is 10.1 Å². The van der Waals surface area contributed by atoms with E-state index in [1.54, 1.807) is 19.2 Å². The molecule has 0 bridgehead atoms. The van der Waals surface area contributed by atoms with Crippen molar-refractivity contribution < 1.29 is 4.79 Å². The lowest BCUT2D eigenvalue weighted by atomic mass is 10.1. The number of benzene rings is 2. The standard InChI is InChI=1S/C19H15BrN4O/c1-2-18(25)23-15-6-7-17-16(9-15)19(12(10-21)11-22-17)24-14-5-3-4-13(20)8-14/h3-9,11H,2H2,1H3,(H,22,24)(H,23,25). The molecule has 0 spiro atoms. The zero-order valence-corrected chi connectivity index (χ0v) is 15.1. The monoisotopic (exact) mass is 394 g/mol. The fourth-order valence-electron chi connectivity index (χ4n) is 2.45. The van der Waals surface area contributed by atoms with Gasteiger partial charge in [-0.3, -0.25) is 9.78 Å². The van der Waals surface area contributed by atoms with E-state index >= 15 is 0 Å². The van der Waals surface area contributed by atoms with E-state index in [2.05, 4.69) is 37.6 Å². The highest BCUT2D eigenvalue weighted by atomic mass is 79.9. The Hall–Kier alpha value is -2.91. The zero-order chi connectivity index (χ0) is 17.8. The van der Waals surface area contributed by atoms with Gasteiger partial charge in [0.15, 0.2) is 0 Å². The zero-order valence-electron chi connectivity index (χ0n) is 13.5. The van der Waals surface area contributed by atoms with E-state index in [1.807, 2.05) is 36.4 Å². The SMILES string of the molecule is CCC(=O)Nc1ccc2ncc(C#N)c(Nc3cccc(Br)c3)c2c1. The third-order valence-electron chi connectivity index (χ3n) is 3.69. The first kappa shape index (κ1) is 16.9. The summed E-state index contributed by atoms with van der Waals surface area (Å²) in [7, 11) is 0. The summed E-state index contributed by atoms with van der Waals surface area (Å²) in [6, 6.07) is 15.3. The quantitative estimate of drug-likeness (QED) is 0.655. The normalized spacial score (nSPS) is 10.3. The van der Waals surface area contributed by atoms with E-state index in [-0.39, 0.29) is 5.91 Å². The number of nitrogens with one attached hydrogen (secondary N) is 2. The van der Waals surface area contributed by atoms with Crippen molar-refractivity contribution in [3.63, 3.8) is 0 Å². The predicted molar refractivity (Wildman–Crippen MR) is 103 cm³/mol. The van der Waals surface area contributed by atoms with E-state index in [0.717, 1.165) is 21.1 Å². The van der Waals surface area contributed by atoms with Gasteiger partial charge in [-0.05, 0) is 36.4 Å². The molecule has 5 nitrogen and oxygen atoms in total. The summed E-state index contributed by atoms with van der Waals surface area (Å²) in [4.78, 5) is 16.0. The number of aromatic nitrogens is 1. The van der Waals surface area contributed by atoms with Gasteiger partial charge in [0.05, 0.1) is 16.8 Å². The van der Waals surface area contributed by atoms with Crippen LogP contribution in [-0.2, 0) is 4.79 Å². The van der Waals surface area contributed by atoms with Gasteiger partial charge in [-0.2, -0.15) is 5.26 Å². The second-order valence-corrected chi connectivity index (χ2v) is 6.34. The maximum absolute atomic E-state index is 11.7. The Kier molecular flexibility index (Phi) is 4.96. The number of pyridine rings is 1. The molecular weight excluding hydrogens is 380 g/mol. The van der Waals surface area contributed by atoms with E-state index in [4.69, 9.17) is 0 Å². The molecule has 0 aliphatic carbocycles. The lowest BCUT2D eigenvalue weighted by molar-refractivity contribution is -0.115. The van der Waals surface area contributed by atoms with Crippen molar-refractivity contribution in [2.45, 2.75) is 13.3 Å². The molecule has 0 saturated carbocycles. The molecule has 1 amide bonds. The van der Waals surface area contributed by atoms with Crippen molar-refractivity contribution >= 4 is 49.8 Å². The fourth-order valence-corrected chi connectivity index (χ4v) is 2.85. The van der Waals surface area contributed by atoms with E-state index in [1.165, 1.54) is 0 Å². The fraction of sp³-hybridized carbons (Fsp3) is 0.105. The summed E-state index contributed by atoms with van der Waals surface area (Å²) in [5, 5.41) is 16.4. The van der Waals surface area contributed by atoms with Crippen LogP contribution in [0.25, 0.3) is 10.9 Å². The van der Waals surface area contributed by atoms with Crippen LogP contribution in [0.5, 0.6) is 0 Å². The molecule has 2 aromatic carbocycles. The minimum absolute atomic E-state index is 0.0646. The molecule has 25 heavy (non-hydrogen) atoms. The lowest BCUT2D eigenvalue weighted by Crippen LogP contribution is -2.09. The largest absolute Gasteiger partial charge is 0.354 e. The average Bonchev–Trinajstić information content (AvgIpc) is 2.62. The Morgan fingerprint density at radius 3 is 2.80 bits per heavy atom. The van der Waals surface area contributed by atoms with Gasteiger partial charge in [0.1, 0.15) is 6.07 Å². The molecule has 0 fully saturated rings. The van der Waals surface area contributed by atoms with Crippen LogP contribution in [-0.4, -0.2) is 10.9 Å². The third-order valence-corrected chi connectivity index (χ3v) is 4.18. The summed E-state index contributed by atoms with van der Waals surface area (Å²) >= 11 is 3.44. The highest BCUT2D eigenvalue weighted by Gasteiger charge is 2.11. The molecule has 0 radical (unpaired) electrons. The first-order chi connectivity index (χ1) is 12.1. The molecule has 3 aromatic rings. The van der Waals surface area contributed by atoms with Gasteiger partial charge in [-0.1, -0.05) is 28.9 Å². The molecule has 0 saturated heterocycles. The molecule has 6 heteroatoms. The number of carbonyl (C=O) groups is 1. The maximum atomic E-state index is 11.7. The van der Waals surface area contributed by atoms with Gasteiger partial charge in [0.2, 0.25) is 5.91 Å². The van der Waals surface area contributed by atoms with Crippen molar-refractivity contribution in [1.82, 2.24) is 4.98 Å². The van der Waals surface area contributed by atoms with Gasteiger partial charge in [-0.15, -0.1) is 0 Å². The Morgan fingerprint density at radius 1 is 1.24 bits per heavy atom. The number of hydrogen-bond acceptors (Lipinski definition) is 4. The van der Waals surface area contributed by atoms with Gasteiger partial charge >= 0.3 is 0 Å². The first-order valence-corrected chi connectivity index (χ1v) is 8.55. The van der Waals surface area contributed by atoms with Crippen molar-refractivity contribution in [3.8, 4) is 6.07 Å². The van der Waals surface area contributed by atoms with Crippen LogP contribution < -0.4 is 10.6 Å². The molecule has 2 N–H and O–H groups in total. The van der Waals surface area contributed by atoms with Crippen LogP contribution in [0.15, 0.2) is 53.1 Å².